The van der Waals surface area contributed by atoms with Gasteiger partial charge in [-0.2, -0.15) is 8.62 Å². The fourth-order valence-corrected chi connectivity index (χ4v) is 14.1. The summed E-state index contributed by atoms with van der Waals surface area (Å²) in [5.41, 5.74) is 7.24. The van der Waals surface area contributed by atoms with E-state index in [2.05, 4.69) is 33.5 Å². The molecule has 8 heterocycles. The summed E-state index contributed by atoms with van der Waals surface area (Å²) < 4.78 is 106. The van der Waals surface area contributed by atoms with Crippen LogP contribution in [0.5, 0.6) is 0 Å². The molecule has 41 heteroatoms. The van der Waals surface area contributed by atoms with Crippen LogP contribution in [0.4, 0.5) is 11.8 Å². The van der Waals surface area contributed by atoms with Crippen LogP contribution in [0.1, 0.15) is 32.0 Å². The maximum Gasteiger partial charge on any atom is 0.490 e. The van der Waals surface area contributed by atoms with Crippen molar-refractivity contribution in [3.8, 4) is 0 Å². The van der Waals surface area contributed by atoms with Crippen molar-refractivity contribution in [2.24, 2.45) is 5.92 Å². The number of aryl methyl sites for hydroxylation is 1. The van der Waals surface area contributed by atoms with Gasteiger partial charge in [-0.25, -0.2) is 38.0 Å². The van der Waals surface area contributed by atoms with E-state index in [1.807, 2.05) is 4.98 Å². The third-order valence-corrected chi connectivity index (χ3v) is 18.6. The number of aliphatic hydroxyl groups is 3. The topological polar surface area (TPSA) is 518 Å². The van der Waals surface area contributed by atoms with Crippen molar-refractivity contribution in [3.63, 3.8) is 0 Å². The van der Waals surface area contributed by atoms with Gasteiger partial charge in [-0.05, 0) is 6.92 Å². The van der Waals surface area contributed by atoms with E-state index in [9.17, 15) is 72.3 Å². The minimum Gasteiger partial charge on any atom is -0.387 e. The number of methoxy groups -OCH3 is 1. The summed E-state index contributed by atoms with van der Waals surface area (Å²) >= 11 is 0. The number of nitrogens with two attached hydrogens (primary N) is 2. The molecule has 8 rings (SSSR count). The molecule has 37 nitrogen and oxygen atoms in total. The number of phosphoric acid groups is 3. The Labute approximate surface area is 430 Å². The van der Waals surface area contributed by atoms with Crippen molar-refractivity contribution < 1.29 is 104 Å². The molecule has 0 aromatic carbocycles. The highest BCUT2D eigenvalue weighted by Crippen LogP contribution is 2.68. The van der Waals surface area contributed by atoms with Gasteiger partial charge in [-0.15, -0.1) is 0 Å². The van der Waals surface area contributed by atoms with Crippen LogP contribution in [0.25, 0.3) is 22.3 Å². The van der Waals surface area contributed by atoms with E-state index in [-0.39, 0.29) is 40.6 Å². The summed E-state index contributed by atoms with van der Waals surface area (Å²) in [6.45, 7) is -1.47. The molecule has 5 unspecified atom stereocenters. The van der Waals surface area contributed by atoms with Crippen LogP contribution in [0.3, 0.4) is 0 Å². The first-order valence-corrected chi connectivity index (χ1v) is 28.6. The number of nitrogens with zero attached hydrogens (tertiary/aromatic N) is 9. The van der Waals surface area contributed by atoms with Crippen molar-refractivity contribution in [1.82, 2.24) is 48.5 Å². The van der Waals surface area contributed by atoms with Gasteiger partial charge >= 0.3 is 42.4 Å². The summed E-state index contributed by atoms with van der Waals surface area (Å²) in [6.07, 6.45) is -12.6. The summed E-state index contributed by atoms with van der Waals surface area (Å²) in [7, 11) is -19.6. The molecule has 5 aromatic heterocycles. The summed E-state index contributed by atoms with van der Waals surface area (Å²) in [5, 5.41) is 33.0. The molecule has 0 spiro atoms. The molecule has 3 aliphatic rings. The van der Waals surface area contributed by atoms with E-state index in [4.69, 9.17) is 44.0 Å². The lowest BCUT2D eigenvalue weighted by Gasteiger charge is -2.28. The number of carbonyl (C=O) groups excluding carboxylic acids is 1. The summed E-state index contributed by atoms with van der Waals surface area (Å²) in [5.74, 6) is -2.20. The van der Waals surface area contributed by atoms with Gasteiger partial charge in [0.05, 0.1) is 38.8 Å². The average molecular weight is 1170 g/mol. The van der Waals surface area contributed by atoms with Crippen LogP contribution >= 0.6 is 31.1 Å². The average Bonchev–Trinajstić information content (AvgIpc) is 4.19. The Morgan fingerprint density at radius 1 is 0.831 bits per heavy atom. The SMILES string of the molecule is CCn1c[n+](C2O[C@H](COP(=O)(O)OP(=O)(O)OP(=O)(O)OC[C@H]3O[C@@H](n4cnc5c(N)ncnc54)[C@H](OC)[C@@H]3P(=O)(O)OC[C@H]3O[C@@H](n4ccc(=O)[nH]c4=O)[C@H](O)[C@@H]3O)[C@@H](CC(=O)N(C)C)[C@H]2O)c2nc(N)[nH]c(=O)c21. The van der Waals surface area contributed by atoms with Gasteiger partial charge in [-0.1, -0.05) is 4.98 Å². The number of aliphatic hydroxyl groups excluding tert-OH is 3. The molecule has 3 saturated heterocycles. The number of ether oxygens (including phenoxy) is 4. The quantitative estimate of drug-likeness (QED) is 0.0250. The number of aromatic nitrogens is 10. The Morgan fingerprint density at radius 3 is 2.12 bits per heavy atom. The monoisotopic (exact) mass is 1170 g/mol. The Balaban J connectivity index is 0.971. The van der Waals surface area contributed by atoms with Crippen molar-refractivity contribution >= 4 is 71.1 Å². The first-order chi connectivity index (χ1) is 36.1. The highest BCUT2D eigenvalue weighted by Gasteiger charge is 2.58. The number of hydrogen-bond acceptors (Lipinski definition) is 26. The van der Waals surface area contributed by atoms with Gasteiger partial charge in [0.15, 0.2) is 30.2 Å². The Kier molecular flexibility index (Phi) is 16.8. The number of nitrogens with one attached hydrogen (secondary N) is 2. The molecular formula is C36H52N13O24P4+. The number of phosphoric ester groups is 2. The molecule has 0 saturated carbocycles. The van der Waals surface area contributed by atoms with Crippen molar-refractivity contribution in [3.05, 3.63) is 62.4 Å². The zero-order valence-electron chi connectivity index (χ0n) is 40.4. The van der Waals surface area contributed by atoms with Gasteiger partial charge < -0.3 is 74.7 Å². The molecule has 424 valence electrons. The maximum atomic E-state index is 14.3. The van der Waals surface area contributed by atoms with Crippen LogP contribution in [0, 0.1) is 5.92 Å². The number of anilines is 2. The fourth-order valence-electron chi connectivity index (χ4n) is 8.86. The molecule has 77 heavy (non-hydrogen) atoms. The standard InChI is InChI=1S/C36H51N13O24P4/c1-5-46-14-49(30-22(46)31(55)44-35(38)43-30)32-23(52)15(8-20(51)45(2)3)16(69-32)9-67-75(59,60)72-77(63,64)73-76(61,62)68-11-18-27(26(65-4)34(71-18)48-13-41-21-28(37)39-12-40-29(21)48)74(57,58)66-10-17-24(53)25(54)33(70-17)47-7-6-19(50)42-36(47)56/h6-7,12-18,23-27,32-34,52-54H,5,8-11H2,1-4H3,(H9-,37,38,39,40,42,43,44,50,55,56,57,58,59,60,61,62,63,64)/p+1/t15-,16-,17-,18-,23-,24-,25-,26-,27-,32?,33-,34-/m1/s1. The second-order valence-corrected chi connectivity index (χ2v) is 24.2. The molecule has 0 bridgehead atoms. The van der Waals surface area contributed by atoms with E-state index in [1.165, 1.54) is 39.0 Å². The molecule has 16 atom stereocenters. The van der Waals surface area contributed by atoms with Crippen molar-refractivity contribution in [2.45, 2.75) is 87.0 Å². The maximum absolute atomic E-state index is 14.3. The Morgan fingerprint density at radius 2 is 1.48 bits per heavy atom. The third kappa shape index (κ3) is 12.1. The molecule has 0 aliphatic carbocycles. The summed E-state index contributed by atoms with van der Waals surface area (Å²) in [6, 6.07) is 0.923. The molecular weight excluding hydrogens is 1120 g/mol. The number of amides is 1. The Bertz CT molecular complexity index is 3410. The highest BCUT2D eigenvalue weighted by molar-refractivity contribution is 7.66. The normalized spacial score (nSPS) is 29.8. The fraction of sp³-hybridized carbons (Fsp3) is 0.583. The van der Waals surface area contributed by atoms with Crippen molar-refractivity contribution in [1.29, 1.82) is 0 Å². The molecule has 3 fully saturated rings. The van der Waals surface area contributed by atoms with Crippen LogP contribution in [0.2, 0.25) is 0 Å². The number of hydrogen-bond donors (Lipinski definition) is 11. The predicted molar refractivity (Wildman–Crippen MR) is 252 cm³/mol. The van der Waals surface area contributed by atoms with E-state index in [0.29, 0.717) is 0 Å². The van der Waals surface area contributed by atoms with Gasteiger partial charge in [0.25, 0.3) is 17.1 Å². The number of fused-ring (bicyclic) bond motifs is 2. The van der Waals surface area contributed by atoms with E-state index < -0.39 is 153 Å². The largest absolute Gasteiger partial charge is 0.490 e. The second-order valence-electron chi connectivity index (χ2n) is 17.6. The van der Waals surface area contributed by atoms with E-state index in [1.54, 1.807) is 6.92 Å². The van der Waals surface area contributed by atoms with E-state index in [0.717, 1.165) is 36.6 Å². The molecule has 13 N–H and O–H groups in total. The number of H-pyrrole nitrogens is 2. The van der Waals surface area contributed by atoms with Gasteiger partial charge in [0.1, 0.15) is 54.1 Å². The number of nitrogen functional groups attached to an aromatic ring is 2. The zero-order valence-corrected chi connectivity index (χ0v) is 44.0. The Hall–Kier alpha value is -5.07. The first-order valence-electron chi connectivity index (χ1n) is 22.5. The third-order valence-electron chi connectivity index (χ3n) is 12.5. The lowest BCUT2D eigenvalue weighted by atomic mass is 9.94. The van der Waals surface area contributed by atoms with Crippen LogP contribution in [-0.2, 0) is 70.7 Å². The van der Waals surface area contributed by atoms with E-state index >= 15 is 0 Å². The molecule has 3 aliphatic heterocycles. The predicted octanol–water partition coefficient (Wildman–Crippen LogP) is -3.59. The minimum atomic E-state index is -6.25. The van der Waals surface area contributed by atoms with Crippen LogP contribution in [-0.4, -0.2) is 179 Å². The number of rotatable bonds is 21. The van der Waals surface area contributed by atoms with Crippen LogP contribution in [0.15, 0.2) is 45.6 Å². The van der Waals surface area contributed by atoms with Crippen LogP contribution < -0.4 is 32.8 Å². The van der Waals surface area contributed by atoms with Gasteiger partial charge in [-0.3, -0.25) is 51.7 Å². The zero-order chi connectivity index (χ0) is 56.3. The number of aromatic amines is 2. The highest BCUT2D eigenvalue weighted by atomic mass is 31.3. The number of imidazole rings is 2. The smallest absolute Gasteiger partial charge is 0.387 e. The number of carbonyl (C=O) groups is 1. The molecule has 0 radical (unpaired) electrons. The lowest BCUT2D eigenvalue weighted by molar-refractivity contribution is -0.746. The minimum absolute atomic E-state index is 0.0169. The van der Waals surface area contributed by atoms with Gasteiger partial charge in [0, 0.05) is 45.8 Å². The lowest BCUT2D eigenvalue weighted by Crippen LogP contribution is -2.45. The second kappa shape index (κ2) is 22.2. The van der Waals surface area contributed by atoms with Crippen molar-refractivity contribution in [2.75, 3.05) is 52.5 Å². The van der Waals surface area contributed by atoms with Gasteiger partial charge in [0.2, 0.25) is 17.7 Å². The molecule has 5 aromatic rings. The molecule has 1 amide bonds. The first kappa shape index (κ1) is 58.1. The summed E-state index contributed by atoms with van der Waals surface area (Å²) in [4.78, 5) is 115.